The maximum Gasteiger partial charge on any atom is 0.238 e. The highest BCUT2D eigenvalue weighted by Crippen LogP contribution is 2.22. The summed E-state index contributed by atoms with van der Waals surface area (Å²) < 4.78 is 5.52. The van der Waals surface area contributed by atoms with E-state index in [9.17, 15) is 4.79 Å². The Morgan fingerprint density at radius 3 is 2.90 bits per heavy atom. The van der Waals surface area contributed by atoms with Crippen LogP contribution in [0.2, 0.25) is 0 Å². The number of hydrogen-bond acceptors (Lipinski definition) is 3. The molecule has 3 rings (SSSR count). The summed E-state index contributed by atoms with van der Waals surface area (Å²) in [5.74, 6) is -0.0237. The fourth-order valence-corrected chi connectivity index (χ4v) is 2.68. The van der Waals surface area contributed by atoms with E-state index in [1.807, 2.05) is 42.5 Å². The van der Waals surface area contributed by atoms with Crippen molar-refractivity contribution in [1.29, 1.82) is 0 Å². The second kappa shape index (κ2) is 6.70. The lowest BCUT2D eigenvalue weighted by molar-refractivity contribution is -0.115. The van der Waals surface area contributed by atoms with Crippen molar-refractivity contribution < 1.29 is 9.53 Å². The van der Waals surface area contributed by atoms with Gasteiger partial charge in [0.05, 0.1) is 12.6 Å². The zero-order valence-corrected chi connectivity index (χ0v) is 12.0. The molecule has 0 aromatic heterocycles. The molecule has 0 aliphatic carbocycles. The van der Waals surface area contributed by atoms with Gasteiger partial charge in [-0.3, -0.25) is 4.79 Å². The fraction of sp³-hybridized carbons (Fsp3) is 0.353. The van der Waals surface area contributed by atoms with Crippen LogP contribution in [-0.4, -0.2) is 31.7 Å². The van der Waals surface area contributed by atoms with Gasteiger partial charge in [-0.1, -0.05) is 36.4 Å². The Kier molecular flexibility index (Phi) is 4.48. The summed E-state index contributed by atoms with van der Waals surface area (Å²) in [4.78, 5) is 12.0. The van der Waals surface area contributed by atoms with Gasteiger partial charge in [-0.15, -0.1) is 0 Å². The lowest BCUT2D eigenvalue weighted by atomic mass is 10.1. The van der Waals surface area contributed by atoms with Crippen LogP contribution >= 0.6 is 0 Å². The molecule has 1 unspecified atom stereocenters. The molecule has 0 radical (unpaired) electrons. The lowest BCUT2D eigenvalue weighted by Gasteiger charge is -2.12. The van der Waals surface area contributed by atoms with Crippen molar-refractivity contribution in [2.24, 2.45) is 0 Å². The summed E-state index contributed by atoms with van der Waals surface area (Å²) >= 11 is 0. The van der Waals surface area contributed by atoms with Gasteiger partial charge in [0.15, 0.2) is 0 Å². The molecule has 110 valence electrons. The summed E-state index contributed by atoms with van der Waals surface area (Å²) in [6.45, 7) is 1.89. The Morgan fingerprint density at radius 1 is 1.19 bits per heavy atom. The quantitative estimate of drug-likeness (QED) is 0.887. The van der Waals surface area contributed by atoms with Gasteiger partial charge in [0.1, 0.15) is 0 Å². The van der Waals surface area contributed by atoms with E-state index in [4.69, 9.17) is 4.74 Å². The van der Waals surface area contributed by atoms with Crippen molar-refractivity contribution in [2.45, 2.75) is 18.9 Å². The molecular weight excluding hydrogens is 264 g/mol. The third-order valence-corrected chi connectivity index (χ3v) is 3.75. The Bertz CT molecular complexity index is 616. The second-order valence-corrected chi connectivity index (χ2v) is 5.34. The maximum absolute atomic E-state index is 12.0. The number of carbonyl (C=O) groups excluding carboxylic acids is 1. The molecule has 2 aromatic rings. The molecule has 21 heavy (non-hydrogen) atoms. The topological polar surface area (TPSA) is 50.4 Å². The summed E-state index contributed by atoms with van der Waals surface area (Å²) in [5, 5.41) is 8.32. The summed E-state index contributed by atoms with van der Waals surface area (Å²) in [6, 6.07) is 14.0. The highest BCUT2D eigenvalue weighted by Gasteiger charge is 2.15. The van der Waals surface area contributed by atoms with Crippen molar-refractivity contribution in [3.05, 3.63) is 42.5 Å². The van der Waals surface area contributed by atoms with E-state index >= 15 is 0 Å². The first-order chi connectivity index (χ1) is 10.3. The first kappa shape index (κ1) is 14.0. The van der Waals surface area contributed by atoms with E-state index in [0.717, 1.165) is 42.5 Å². The van der Waals surface area contributed by atoms with E-state index in [0.29, 0.717) is 6.54 Å². The number of amides is 1. The van der Waals surface area contributed by atoms with E-state index < -0.39 is 0 Å². The normalized spacial score (nSPS) is 18.0. The molecule has 1 aliphatic heterocycles. The Labute approximate surface area is 124 Å². The van der Waals surface area contributed by atoms with Gasteiger partial charge >= 0.3 is 0 Å². The monoisotopic (exact) mass is 284 g/mol. The minimum atomic E-state index is -0.0237. The standard InChI is InChI=1S/C17H20N2O2/c20-17(12-18-11-14-7-4-10-21-14)19-16-9-3-6-13-5-1-2-8-15(13)16/h1-3,5-6,8-9,14,18H,4,7,10-12H2,(H,19,20). The summed E-state index contributed by atoms with van der Waals surface area (Å²) in [6.07, 6.45) is 2.46. The number of nitrogens with one attached hydrogen (secondary N) is 2. The van der Waals surface area contributed by atoms with Gasteiger partial charge in [-0.05, 0) is 24.3 Å². The molecule has 1 atom stereocenters. The van der Waals surface area contributed by atoms with Crippen LogP contribution in [0.4, 0.5) is 5.69 Å². The maximum atomic E-state index is 12.0. The Morgan fingerprint density at radius 2 is 2.05 bits per heavy atom. The van der Waals surface area contributed by atoms with E-state index in [1.165, 1.54) is 0 Å². The largest absolute Gasteiger partial charge is 0.377 e. The van der Waals surface area contributed by atoms with Crippen LogP contribution in [0.25, 0.3) is 10.8 Å². The van der Waals surface area contributed by atoms with Crippen molar-refractivity contribution in [3.8, 4) is 0 Å². The molecule has 1 heterocycles. The third-order valence-electron chi connectivity index (χ3n) is 3.75. The van der Waals surface area contributed by atoms with E-state index in [2.05, 4.69) is 10.6 Å². The first-order valence-electron chi connectivity index (χ1n) is 7.43. The third kappa shape index (κ3) is 3.60. The average Bonchev–Trinajstić information content (AvgIpc) is 3.01. The average molecular weight is 284 g/mol. The van der Waals surface area contributed by atoms with Gasteiger partial charge in [-0.25, -0.2) is 0 Å². The van der Waals surface area contributed by atoms with Crippen LogP contribution in [0.1, 0.15) is 12.8 Å². The number of fused-ring (bicyclic) bond motifs is 1. The SMILES string of the molecule is O=C(CNCC1CCCO1)Nc1cccc2ccccc12. The number of ether oxygens (including phenoxy) is 1. The molecular formula is C17H20N2O2. The van der Waals surface area contributed by atoms with Crippen molar-refractivity contribution in [1.82, 2.24) is 5.32 Å². The minimum absolute atomic E-state index is 0.0237. The molecule has 2 N–H and O–H groups in total. The van der Waals surface area contributed by atoms with Crippen LogP contribution in [-0.2, 0) is 9.53 Å². The predicted octanol–water partition coefficient (Wildman–Crippen LogP) is 2.55. The van der Waals surface area contributed by atoms with Crippen molar-refractivity contribution >= 4 is 22.4 Å². The summed E-state index contributed by atoms with van der Waals surface area (Å²) in [5.41, 5.74) is 0.858. The Hall–Kier alpha value is -1.91. The van der Waals surface area contributed by atoms with Gasteiger partial charge < -0.3 is 15.4 Å². The molecule has 4 nitrogen and oxygen atoms in total. The predicted molar refractivity (Wildman–Crippen MR) is 84.4 cm³/mol. The van der Waals surface area contributed by atoms with Crippen LogP contribution in [0.3, 0.4) is 0 Å². The fourth-order valence-electron chi connectivity index (χ4n) is 2.68. The van der Waals surface area contributed by atoms with E-state index in [1.54, 1.807) is 0 Å². The van der Waals surface area contributed by atoms with Crippen LogP contribution in [0.15, 0.2) is 42.5 Å². The number of anilines is 1. The molecule has 2 aromatic carbocycles. The molecule has 0 bridgehead atoms. The van der Waals surface area contributed by atoms with Gasteiger partial charge in [-0.2, -0.15) is 0 Å². The molecule has 1 aliphatic rings. The van der Waals surface area contributed by atoms with Gasteiger partial charge in [0.25, 0.3) is 0 Å². The number of rotatable bonds is 5. The Balaban J connectivity index is 1.56. The van der Waals surface area contributed by atoms with Gasteiger partial charge in [0, 0.05) is 24.2 Å². The van der Waals surface area contributed by atoms with Crippen LogP contribution in [0, 0.1) is 0 Å². The van der Waals surface area contributed by atoms with E-state index in [-0.39, 0.29) is 12.0 Å². The smallest absolute Gasteiger partial charge is 0.238 e. The second-order valence-electron chi connectivity index (χ2n) is 5.34. The summed E-state index contributed by atoms with van der Waals surface area (Å²) in [7, 11) is 0. The lowest BCUT2D eigenvalue weighted by Crippen LogP contribution is -2.33. The minimum Gasteiger partial charge on any atom is -0.377 e. The van der Waals surface area contributed by atoms with Crippen LogP contribution in [0.5, 0.6) is 0 Å². The number of hydrogen-bond donors (Lipinski definition) is 2. The zero-order valence-electron chi connectivity index (χ0n) is 12.0. The number of carbonyl (C=O) groups is 1. The number of benzene rings is 2. The highest BCUT2D eigenvalue weighted by atomic mass is 16.5. The highest BCUT2D eigenvalue weighted by molar-refractivity contribution is 6.02. The van der Waals surface area contributed by atoms with Crippen LogP contribution < -0.4 is 10.6 Å². The van der Waals surface area contributed by atoms with Crippen molar-refractivity contribution in [3.63, 3.8) is 0 Å². The van der Waals surface area contributed by atoms with Gasteiger partial charge in [0.2, 0.25) is 5.91 Å². The molecule has 1 saturated heterocycles. The molecule has 4 heteroatoms. The zero-order chi connectivity index (χ0) is 14.5. The molecule has 1 fully saturated rings. The first-order valence-corrected chi connectivity index (χ1v) is 7.43. The molecule has 0 saturated carbocycles. The van der Waals surface area contributed by atoms with Crippen molar-refractivity contribution in [2.75, 3.05) is 25.0 Å². The molecule has 0 spiro atoms. The molecule has 1 amide bonds.